The molecular formula is C8H16FNO. The zero-order valence-corrected chi connectivity index (χ0v) is 7.13. The van der Waals surface area contributed by atoms with Crippen molar-refractivity contribution in [1.29, 1.82) is 0 Å². The molecule has 0 aromatic heterocycles. The first-order valence-electron chi connectivity index (χ1n) is 4.15. The van der Waals surface area contributed by atoms with Crippen molar-refractivity contribution in [2.75, 3.05) is 13.2 Å². The van der Waals surface area contributed by atoms with Gasteiger partial charge in [0.25, 0.3) is 0 Å². The summed E-state index contributed by atoms with van der Waals surface area (Å²) in [5, 5.41) is 8.89. The van der Waals surface area contributed by atoms with Gasteiger partial charge in [-0.05, 0) is 20.3 Å². The summed E-state index contributed by atoms with van der Waals surface area (Å²) in [7, 11) is 0. The van der Waals surface area contributed by atoms with Crippen LogP contribution in [0.3, 0.4) is 0 Å². The average Bonchev–Trinajstić information content (AvgIpc) is 2.30. The Morgan fingerprint density at radius 3 is 2.64 bits per heavy atom. The molecule has 66 valence electrons. The highest BCUT2D eigenvalue weighted by Gasteiger charge is 2.32. The van der Waals surface area contributed by atoms with Crippen LogP contribution in [0.15, 0.2) is 0 Å². The normalized spacial score (nSPS) is 33.5. The van der Waals surface area contributed by atoms with Gasteiger partial charge in [0.15, 0.2) is 0 Å². The zero-order chi connectivity index (χ0) is 8.43. The highest BCUT2D eigenvalue weighted by atomic mass is 19.1. The van der Waals surface area contributed by atoms with Crippen molar-refractivity contribution < 1.29 is 9.50 Å². The molecule has 1 rings (SSSR count). The predicted molar refractivity (Wildman–Crippen MR) is 42.2 cm³/mol. The molecule has 2 nitrogen and oxygen atoms in total. The Bertz CT molecular complexity index is 129. The second kappa shape index (κ2) is 3.50. The number of nitrogens with zero attached hydrogens (tertiary/aromatic N) is 1. The maximum Gasteiger partial charge on any atom is 0.114 e. The van der Waals surface area contributed by atoms with Crippen molar-refractivity contribution in [2.24, 2.45) is 0 Å². The van der Waals surface area contributed by atoms with Crippen LogP contribution in [0, 0.1) is 0 Å². The van der Waals surface area contributed by atoms with Crippen molar-refractivity contribution in [3.63, 3.8) is 0 Å². The number of hydrogen-bond acceptors (Lipinski definition) is 2. The number of aliphatic hydroxyl groups is 1. The number of likely N-dealkylation sites (tertiary alicyclic amines) is 1. The van der Waals surface area contributed by atoms with Crippen LogP contribution in [-0.2, 0) is 0 Å². The minimum absolute atomic E-state index is 0.0463. The molecule has 0 unspecified atom stereocenters. The fourth-order valence-electron chi connectivity index (χ4n) is 1.69. The predicted octanol–water partition coefficient (Wildman–Crippen LogP) is 0.800. The number of aliphatic hydroxyl groups excluding tert-OH is 1. The first-order valence-corrected chi connectivity index (χ1v) is 4.15. The van der Waals surface area contributed by atoms with E-state index in [1.807, 2.05) is 18.7 Å². The number of halogens is 1. The van der Waals surface area contributed by atoms with Crippen LogP contribution in [0.4, 0.5) is 4.39 Å². The third kappa shape index (κ3) is 1.91. The molecule has 0 aromatic rings. The summed E-state index contributed by atoms with van der Waals surface area (Å²) in [4.78, 5) is 2.02. The summed E-state index contributed by atoms with van der Waals surface area (Å²) in [6.07, 6.45) is -0.246. The molecule has 0 aliphatic carbocycles. The molecule has 0 aromatic carbocycles. The fraction of sp³-hybridized carbons (Fsp3) is 1.00. The first kappa shape index (κ1) is 8.94. The van der Waals surface area contributed by atoms with Crippen LogP contribution in [0.25, 0.3) is 0 Å². The van der Waals surface area contributed by atoms with E-state index in [1.165, 1.54) is 0 Å². The molecule has 1 saturated heterocycles. The Morgan fingerprint density at radius 2 is 2.27 bits per heavy atom. The van der Waals surface area contributed by atoms with Crippen molar-refractivity contribution >= 4 is 0 Å². The van der Waals surface area contributed by atoms with E-state index < -0.39 is 6.17 Å². The van der Waals surface area contributed by atoms with E-state index in [1.54, 1.807) is 0 Å². The standard InChI is InChI=1S/C8H16FNO/c1-6(2)10-4-7(9)3-8(10)5-11/h6-8,11H,3-5H2,1-2H3/t7-,8+/m1/s1. The van der Waals surface area contributed by atoms with Gasteiger partial charge < -0.3 is 5.11 Å². The van der Waals surface area contributed by atoms with Gasteiger partial charge in [-0.1, -0.05) is 0 Å². The maximum absolute atomic E-state index is 12.8. The van der Waals surface area contributed by atoms with Gasteiger partial charge in [0, 0.05) is 18.6 Å². The summed E-state index contributed by atoms with van der Waals surface area (Å²) in [5.74, 6) is 0. The van der Waals surface area contributed by atoms with Crippen LogP contribution in [0.1, 0.15) is 20.3 Å². The zero-order valence-electron chi connectivity index (χ0n) is 7.13. The summed E-state index contributed by atoms with van der Waals surface area (Å²) >= 11 is 0. The van der Waals surface area contributed by atoms with Gasteiger partial charge in [0.1, 0.15) is 6.17 Å². The molecule has 1 heterocycles. The van der Waals surface area contributed by atoms with E-state index in [0.717, 1.165) is 0 Å². The van der Waals surface area contributed by atoms with Gasteiger partial charge in [0.2, 0.25) is 0 Å². The third-order valence-electron chi connectivity index (χ3n) is 2.28. The lowest BCUT2D eigenvalue weighted by Crippen LogP contribution is -2.37. The summed E-state index contributed by atoms with van der Waals surface area (Å²) < 4.78 is 12.8. The molecule has 1 aliphatic heterocycles. The molecule has 0 amide bonds. The summed E-state index contributed by atoms with van der Waals surface area (Å²) in [6.45, 7) is 4.63. The fourth-order valence-corrected chi connectivity index (χ4v) is 1.69. The van der Waals surface area contributed by atoms with Crippen molar-refractivity contribution in [3.8, 4) is 0 Å². The van der Waals surface area contributed by atoms with Gasteiger partial charge in [-0.3, -0.25) is 4.90 Å². The topological polar surface area (TPSA) is 23.5 Å². The Hall–Kier alpha value is -0.150. The third-order valence-corrected chi connectivity index (χ3v) is 2.28. The molecule has 1 fully saturated rings. The van der Waals surface area contributed by atoms with Crippen LogP contribution in [-0.4, -0.2) is 41.4 Å². The lowest BCUT2D eigenvalue weighted by atomic mass is 10.2. The molecule has 0 radical (unpaired) electrons. The summed E-state index contributed by atoms with van der Waals surface area (Å²) in [5.41, 5.74) is 0. The van der Waals surface area contributed by atoms with E-state index in [2.05, 4.69) is 0 Å². The molecule has 11 heavy (non-hydrogen) atoms. The highest BCUT2D eigenvalue weighted by molar-refractivity contribution is 4.86. The second-order valence-electron chi connectivity index (χ2n) is 3.46. The van der Waals surface area contributed by atoms with E-state index in [4.69, 9.17) is 5.11 Å². The molecule has 1 N–H and O–H groups in total. The number of alkyl halides is 1. The Kier molecular flexibility index (Phi) is 2.84. The van der Waals surface area contributed by atoms with E-state index in [0.29, 0.717) is 19.0 Å². The summed E-state index contributed by atoms with van der Waals surface area (Å²) in [6, 6.07) is 0.387. The molecule has 0 spiro atoms. The van der Waals surface area contributed by atoms with Gasteiger partial charge in [0.05, 0.1) is 6.61 Å². The van der Waals surface area contributed by atoms with Gasteiger partial charge in [-0.15, -0.1) is 0 Å². The first-order chi connectivity index (χ1) is 5.15. The van der Waals surface area contributed by atoms with E-state index >= 15 is 0 Å². The average molecular weight is 161 g/mol. The Balaban J connectivity index is 2.50. The van der Waals surface area contributed by atoms with Crippen LogP contribution < -0.4 is 0 Å². The smallest absolute Gasteiger partial charge is 0.114 e. The molecule has 3 heteroatoms. The molecule has 1 aliphatic rings. The van der Waals surface area contributed by atoms with E-state index in [9.17, 15) is 4.39 Å². The van der Waals surface area contributed by atoms with E-state index in [-0.39, 0.29) is 12.6 Å². The van der Waals surface area contributed by atoms with Crippen LogP contribution >= 0.6 is 0 Å². The van der Waals surface area contributed by atoms with Crippen LogP contribution in [0.2, 0.25) is 0 Å². The lowest BCUT2D eigenvalue weighted by Gasteiger charge is -2.26. The number of rotatable bonds is 2. The molecular weight excluding hydrogens is 145 g/mol. The quantitative estimate of drug-likeness (QED) is 0.647. The van der Waals surface area contributed by atoms with Crippen LogP contribution in [0.5, 0.6) is 0 Å². The lowest BCUT2D eigenvalue weighted by molar-refractivity contribution is 0.132. The second-order valence-corrected chi connectivity index (χ2v) is 3.46. The van der Waals surface area contributed by atoms with Gasteiger partial charge >= 0.3 is 0 Å². The van der Waals surface area contributed by atoms with Gasteiger partial charge in [-0.25, -0.2) is 4.39 Å². The molecule has 2 atom stereocenters. The largest absolute Gasteiger partial charge is 0.395 e. The SMILES string of the molecule is CC(C)N1C[C@H](F)C[C@H]1CO. The van der Waals surface area contributed by atoms with Crippen molar-refractivity contribution in [1.82, 2.24) is 4.90 Å². The van der Waals surface area contributed by atoms with Crippen molar-refractivity contribution in [3.05, 3.63) is 0 Å². The molecule has 0 saturated carbocycles. The number of hydrogen-bond donors (Lipinski definition) is 1. The maximum atomic E-state index is 12.8. The minimum Gasteiger partial charge on any atom is -0.395 e. The monoisotopic (exact) mass is 161 g/mol. The van der Waals surface area contributed by atoms with Crippen molar-refractivity contribution in [2.45, 2.75) is 38.5 Å². The minimum atomic E-state index is -0.741. The Morgan fingerprint density at radius 1 is 1.64 bits per heavy atom. The van der Waals surface area contributed by atoms with Gasteiger partial charge in [-0.2, -0.15) is 0 Å². The molecule has 0 bridgehead atoms. The highest BCUT2D eigenvalue weighted by Crippen LogP contribution is 2.21. The Labute approximate surface area is 67.0 Å².